The van der Waals surface area contributed by atoms with Gasteiger partial charge in [-0.2, -0.15) is 0 Å². The van der Waals surface area contributed by atoms with E-state index in [1.165, 1.54) is 19.3 Å². The molecule has 0 radical (unpaired) electrons. The van der Waals surface area contributed by atoms with Crippen LogP contribution in [0.4, 0.5) is 0 Å². The van der Waals surface area contributed by atoms with Crippen LogP contribution in [0.25, 0.3) is 0 Å². The molecule has 3 N–H and O–H groups in total. The van der Waals surface area contributed by atoms with Crippen LogP contribution in [0, 0.1) is 17.3 Å². The molecule has 0 aromatic rings. The van der Waals surface area contributed by atoms with Gasteiger partial charge in [-0.05, 0) is 55.8 Å². The number of nitrogens with two attached hydrogens (primary N) is 1. The van der Waals surface area contributed by atoms with Crippen molar-refractivity contribution in [1.29, 1.82) is 0 Å². The average molecular weight is 209 g/mol. The molecular formula is C13H23NO. The summed E-state index contributed by atoms with van der Waals surface area (Å²) in [6.07, 6.45) is 6.74. The second kappa shape index (κ2) is 2.60. The van der Waals surface area contributed by atoms with E-state index in [0.717, 1.165) is 25.2 Å². The van der Waals surface area contributed by atoms with Gasteiger partial charge >= 0.3 is 0 Å². The van der Waals surface area contributed by atoms with Crippen molar-refractivity contribution >= 4 is 0 Å². The van der Waals surface area contributed by atoms with E-state index in [2.05, 4.69) is 13.8 Å². The molecule has 0 heterocycles. The van der Waals surface area contributed by atoms with Crippen molar-refractivity contribution in [3.63, 3.8) is 0 Å². The highest BCUT2D eigenvalue weighted by Gasteiger charge is 2.65. The molecule has 15 heavy (non-hydrogen) atoms. The second-order valence-electron chi connectivity index (χ2n) is 7.18. The fourth-order valence-electron chi connectivity index (χ4n) is 4.87. The number of fused-ring (bicyclic) bond motifs is 2. The highest BCUT2D eigenvalue weighted by Crippen LogP contribution is 2.62. The fourth-order valence-corrected chi connectivity index (χ4v) is 4.87. The van der Waals surface area contributed by atoms with Crippen LogP contribution in [-0.4, -0.2) is 16.2 Å². The van der Waals surface area contributed by atoms with E-state index < -0.39 is 5.60 Å². The maximum atomic E-state index is 10.9. The highest BCUT2D eigenvalue weighted by atomic mass is 16.3. The number of aliphatic hydroxyl groups is 1. The third-order valence-electron chi connectivity index (χ3n) is 5.27. The zero-order valence-corrected chi connectivity index (χ0v) is 9.92. The Hall–Kier alpha value is -0.0800. The van der Waals surface area contributed by atoms with Crippen molar-refractivity contribution in [1.82, 2.24) is 0 Å². The van der Waals surface area contributed by atoms with E-state index in [0.29, 0.717) is 11.3 Å². The Morgan fingerprint density at radius 1 is 1.20 bits per heavy atom. The largest absolute Gasteiger partial charge is 0.388 e. The number of hydrogen-bond acceptors (Lipinski definition) is 2. The second-order valence-corrected chi connectivity index (χ2v) is 7.18. The van der Waals surface area contributed by atoms with Crippen LogP contribution >= 0.6 is 0 Å². The van der Waals surface area contributed by atoms with Crippen molar-refractivity contribution in [2.45, 2.75) is 63.5 Å². The first-order valence-corrected chi connectivity index (χ1v) is 6.36. The summed E-state index contributed by atoms with van der Waals surface area (Å²) in [6.45, 7) is 4.52. The minimum atomic E-state index is -0.522. The minimum absolute atomic E-state index is 0.268. The van der Waals surface area contributed by atoms with Gasteiger partial charge in [0.15, 0.2) is 0 Å². The van der Waals surface area contributed by atoms with E-state index in [9.17, 15) is 5.11 Å². The Balaban J connectivity index is 1.83. The maximum absolute atomic E-state index is 10.9. The summed E-state index contributed by atoms with van der Waals surface area (Å²) in [5.41, 5.74) is 6.02. The Morgan fingerprint density at radius 3 is 2.27 bits per heavy atom. The smallest absolute Gasteiger partial charge is 0.0857 e. The van der Waals surface area contributed by atoms with Gasteiger partial charge in [-0.15, -0.1) is 0 Å². The topological polar surface area (TPSA) is 46.2 Å². The Kier molecular flexibility index (Phi) is 1.75. The molecule has 0 aromatic carbocycles. The first-order valence-electron chi connectivity index (χ1n) is 6.36. The van der Waals surface area contributed by atoms with E-state index in [4.69, 9.17) is 5.73 Å². The fraction of sp³-hybridized carbons (Fsp3) is 1.00. The van der Waals surface area contributed by atoms with Gasteiger partial charge in [0.2, 0.25) is 0 Å². The molecule has 3 unspecified atom stereocenters. The zero-order valence-electron chi connectivity index (χ0n) is 9.92. The average Bonchev–Trinajstić information content (AvgIpc) is 2.59. The number of rotatable bonds is 1. The molecule has 3 saturated carbocycles. The van der Waals surface area contributed by atoms with Crippen LogP contribution in [0.3, 0.4) is 0 Å². The van der Waals surface area contributed by atoms with E-state index >= 15 is 0 Å². The molecular weight excluding hydrogens is 186 g/mol. The van der Waals surface area contributed by atoms with Crippen LogP contribution in [0.5, 0.6) is 0 Å². The molecule has 2 nitrogen and oxygen atoms in total. The van der Waals surface area contributed by atoms with Crippen LogP contribution < -0.4 is 5.73 Å². The van der Waals surface area contributed by atoms with Gasteiger partial charge in [0.05, 0.1) is 5.60 Å². The van der Waals surface area contributed by atoms with Gasteiger partial charge < -0.3 is 10.8 Å². The molecule has 86 valence electrons. The predicted molar refractivity (Wildman–Crippen MR) is 60.3 cm³/mol. The quantitative estimate of drug-likeness (QED) is 0.694. The SMILES string of the molecule is CC1(C)CC(N)(C2(O)CC3CCC2C3)C1. The molecule has 3 rings (SSSR count). The van der Waals surface area contributed by atoms with Crippen LogP contribution in [-0.2, 0) is 0 Å². The maximum Gasteiger partial charge on any atom is 0.0857 e. The monoisotopic (exact) mass is 209 g/mol. The summed E-state index contributed by atoms with van der Waals surface area (Å²) >= 11 is 0. The van der Waals surface area contributed by atoms with E-state index in [1.807, 2.05) is 0 Å². The number of hydrogen-bond donors (Lipinski definition) is 2. The summed E-state index contributed by atoms with van der Waals surface area (Å²) in [4.78, 5) is 0. The zero-order chi connectivity index (χ0) is 10.9. The first-order chi connectivity index (χ1) is 6.85. The summed E-state index contributed by atoms with van der Waals surface area (Å²) in [6, 6.07) is 0. The van der Waals surface area contributed by atoms with Gasteiger partial charge in [-0.25, -0.2) is 0 Å². The lowest BCUT2D eigenvalue weighted by Gasteiger charge is -2.60. The van der Waals surface area contributed by atoms with Crippen molar-refractivity contribution in [3.8, 4) is 0 Å². The van der Waals surface area contributed by atoms with Crippen molar-refractivity contribution < 1.29 is 5.11 Å². The standard InChI is InChI=1S/C13H23NO/c1-11(2)7-12(14,8-11)13(15)6-9-3-4-10(13)5-9/h9-10,15H,3-8,14H2,1-2H3. The van der Waals surface area contributed by atoms with Gasteiger partial charge in [-0.1, -0.05) is 13.8 Å². The van der Waals surface area contributed by atoms with Gasteiger partial charge in [0, 0.05) is 5.54 Å². The summed E-state index contributed by atoms with van der Waals surface area (Å²) in [7, 11) is 0. The molecule has 3 atom stereocenters. The summed E-state index contributed by atoms with van der Waals surface area (Å²) < 4.78 is 0. The lowest BCUT2D eigenvalue weighted by molar-refractivity contribution is -0.145. The summed E-state index contributed by atoms with van der Waals surface area (Å²) in [5, 5.41) is 10.9. The van der Waals surface area contributed by atoms with Crippen molar-refractivity contribution in [2.75, 3.05) is 0 Å². The summed E-state index contributed by atoms with van der Waals surface area (Å²) in [5.74, 6) is 1.27. The molecule has 2 bridgehead atoms. The molecule has 3 aliphatic rings. The molecule has 0 spiro atoms. The van der Waals surface area contributed by atoms with Crippen molar-refractivity contribution in [2.24, 2.45) is 23.0 Å². The molecule has 3 aliphatic carbocycles. The predicted octanol–water partition coefficient (Wildman–Crippen LogP) is 2.05. The van der Waals surface area contributed by atoms with Crippen LogP contribution in [0.15, 0.2) is 0 Å². The van der Waals surface area contributed by atoms with E-state index in [-0.39, 0.29) is 5.54 Å². The molecule has 0 aromatic heterocycles. The van der Waals surface area contributed by atoms with Crippen LogP contribution in [0.1, 0.15) is 52.4 Å². The highest BCUT2D eigenvalue weighted by molar-refractivity contribution is 5.20. The van der Waals surface area contributed by atoms with Crippen molar-refractivity contribution in [3.05, 3.63) is 0 Å². The lowest BCUT2D eigenvalue weighted by Crippen LogP contribution is -2.71. The molecule has 0 aliphatic heterocycles. The molecule has 0 saturated heterocycles. The minimum Gasteiger partial charge on any atom is -0.388 e. The molecule has 3 fully saturated rings. The Labute approximate surface area is 92.2 Å². The molecule has 2 heteroatoms. The van der Waals surface area contributed by atoms with E-state index in [1.54, 1.807) is 0 Å². The lowest BCUT2D eigenvalue weighted by atomic mass is 9.51. The molecule has 0 amide bonds. The van der Waals surface area contributed by atoms with Crippen LogP contribution in [0.2, 0.25) is 0 Å². The van der Waals surface area contributed by atoms with Gasteiger partial charge in [0.1, 0.15) is 0 Å². The normalized spacial score (nSPS) is 50.4. The third-order valence-corrected chi connectivity index (χ3v) is 5.27. The van der Waals surface area contributed by atoms with Gasteiger partial charge in [0.25, 0.3) is 0 Å². The first kappa shape index (κ1) is 10.1. The Bertz CT molecular complexity index is 291. The van der Waals surface area contributed by atoms with Gasteiger partial charge in [-0.3, -0.25) is 0 Å². The third kappa shape index (κ3) is 1.18. The Morgan fingerprint density at radius 2 is 1.87 bits per heavy atom.